The standard InChI is InChI=1S/C10H8NO/c1-7-6-11-10(12)9-5-3-2-4-8(7)9/h2-6H,1H3. The van der Waals surface area contributed by atoms with Crippen LogP contribution in [0, 0.1) is 6.92 Å². The highest BCUT2D eigenvalue weighted by Gasteiger charge is 2.02. The lowest BCUT2D eigenvalue weighted by atomic mass is 10.1. The van der Waals surface area contributed by atoms with E-state index < -0.39 is 0 Å². The third-order valence-corrected chi connectivity index (χ3v) is 1.96. The topological polar surface area (TPSA) is 32.8 Å². The Bertz CT molecular complexity index is 383. The second kappa shape index (κ2) is 2.48. The minimum Gasteiger partial charge on any atom is -0.267 e. The van der Waals surface area contributed by atoms with Gasteiger partial charge in [0.05, 0.1) is 0 Å². The highest BCUT2D eigenvalue weighted by atomic mass is 16.3. The van der Waals surface area contributed by atoms with Crippen LogP contribution < -0.4 is 0 Å². The molecule has 2 nitrogen and oxygen atoms in total. The van der Waals surface area contributed by atoms with Crippen LogP contribution in [-0.4, -0.2) is 4.98 Å². The van der Waals surface area contributed by atoms with Crippen molar-refractivity contribution in [1.82, 2.24) is 4.98 Å². The Kier molecular flexibility index (Phi) is 1.47. The molecule has 0 N–H and O–H groups in total. The maximum Gasteiger partial charge on any atom is 0.277 e. The van der Waals surface area contributed by atoms with E-state index in [0.717, 1.165) is 10.9 Å². The summed E-state index contributed by atoms with van der Waals surface area (Å²) in [5.41, 5.74) is 1.05. The maximum absolute atomic E-state index is 11.2. The molecule has 0 aliphatic heterocycles. The van der Waals surface area contributed by atoms with Crippen LogP contribution in [0.15, 0.2) is 30.5 Å². The molecular weight excluding hydrogens is 150 g/mol. The molecule has 0 aliphatic rings. The highest BCUT2D eigenvalue weighted by molar-refractivity contribution is 5.88. The highest BCUT2D eigenvalue weighted by Crippen LogP contribution is 2.24. The lowest BCUT2D eigenvalue weighted by Gasteiger charge is -1.99. The Hall–Kier alpha value is -1.57. The minimum atomic E-state index is -0.142. The van der Waals surface area contributed by atoms with Crippen LogP contribution in [0.2, 0.25) is 0 Å². The predicted octanol–water partition coefficient (Wildman–Crippen LogP) is 2.69. The van der Waals surface area contributed by atoms with Crippen molar-refractivity contribution in [3.63, 3.8) is 0 Å². The average molecular weight is 158 g/mol. The molecule has 1 heterocycles. The number of benzene rings is 1. The van der Waals surface area contributed by atoms with Crippen molar-refractivity contribution in [1.29, 1.82) is 0 Å². The van der Waals surface area contributed by atoms with Crippen LogP contribution in [0.25, 0.3) is 10.8 Å². The van der Waals surface area contributed by atoms with Gasteiger partial charge in [0, 0.05) is 11.6 Å². The third kappa shape index (κ3) is 0.925. The monoisotopic (exact) mass is 158 g/mol. The molecule has 0 spiro atoms. The number of hydrogen-bond acceptors (Lipinski definition) is 1. The van der Waals surface area contributed by atoms with Crippen molar-refractivity contribution >= 4 is 10.8 Å². The molecular formula is C10H8NO. The van der Waals surface area contributed by atoms with E-state index in [0.29, 0.717) is 5.39 Å². The van der Waals surface area contributed by atoms with E-state index in [-0.39, 0.29) is 5.88 Å². The van der Waals surface area contributed by atoms with Crippen LogP contribution in [0.5, 0.6) is 5.88 Å². The van der Waals surface area contributed by atoms with Crippen molar-refractivity contribution in [3.8, 4) is 5.88 Å². The SMILES string of the molecule is Cc1cnc([O])c2ccccc12. The predicted molar refractivity (Wildman–Crippen MR) is 46.6 cm³/mol. The summed E-state index contributed by atoms with van der Waals surface area (Å²) in [4.78, 5) is 3.75. The fraction of sp³-hybridized carbons (Fsp3) is 0.100. The average Bonchev–Trinajstić information content (AvgIpc) is 2.12. The van der Waals surface area contributed by atoms with Gasteiger partial charge in [-0.05, 0) is 23.9 Å². The summed E-state index contributed by atoms with van der Waals surface area (Å²) in [6.45, 7) is 1.95. The van der Waals surface area contributed by atoms with Crippen molar-refractivity contribution in [2.45, 2.75) is 6.92 Å². The first kappa shape index (κ1) is 7.10. The Balaban J connectivity index is 2.95. The molecule has 59 valence electrons. The molecule has 2 aromatic rings. The summed E-state index contributed by atoms with van der Waals surface area (Å²) in [6.07, 6.45) is 1.62. The van der Waals surface area contributed by atoms with E-state index in [1.807, 2.05) is 25.1 Å². The van der Waals surface area contributed by atoms with Gasteiger partial charge in [0.15, 0.2) is 0 Å². The molecule has 0 aliphatic carbocycles. The van der Waals surface area contributed by atoms with E-state index >= 15 is 0 Å². The molecule has 0 bridgehead atoms. The van der Waals surface area contributed by atoms with Crippen LogP contribution in [-0.2, 0) is 5.11 Å². The molecule has 0 atom stereocenters. The van der Waals surface area contributed by atoms with Crippen LogP contribution in [0.4, 0.5) is 0 Å². The third-order valence-electron chi connectivity index (χ3n) is 1.96. The molecule has 0 amide bonds. The van der Waals surface area contributed by atoms with Crippen LogP contribution >= 0.6 is 0 Å². The van der Waals surface area contributed by atoms with E-state index in [1.165, 1.54) is 0 Å². The second-order valence-corrected chi connectivity index (χ2v) is 2.79. The number of fused-ring (bicyclic) bond motifs is 1. The first-order valence-corrected chi connectivity index (χ1v) is 3.80. The van der Waals surface area contributed by atoms with Crippen molar-refractivity contribution < 1.29 is 5.11 Å². The quantitative estimate of drug-likeness (QED) is 0.580. The van der Waals surface area contributed by atoms with Gasteiger partial charge in [-0.2, -0.15) is 0 Å². The van der Waals surface area contributed by atoms with Gasteiger partial charge < -0.3 is 0 Å². The molecule has 0 fully saturated rings. The van der Waals surface area contributed by atoms with Gasteiger partial charge in [-0.3, -0.25) is 5.11 Å². The molecule has 2 heteroatoms. The smallest absolute Gasteiger partial charge is 0.267 e. The van der Waals surface area contributed by atoms with Crippen molar-refractivity contribution in [2.75, 3.05) is 0 Å². The minimum absolute atomic E-state index is 0.142. The van der Waals surface area contributed by atoms with E-state index in [4.69, 9.17) is 0 Å². The van der Waals surface area contributed by atoms with Gasteiger partial charge >= 0.3 is 0 Å². The fourth-order valence-corrected chi connectivity index (χ4v) is 1.31. The molecule has 1 aromatic carbocycles. The molecule has 1 radical (unpaired) electrons. The zero-order valence-electron chi connectivity index (χ0n) is 6.74. The summed E-state index contributed by atoms with van der Waals surface area (Å²) in [7, 11) is 0. The van der Waals surface area contributed by atoms with Gasteiger partial charge in [0.25, 0.3) is 5.88 Å². The number of aromatic nitrogens is 1. The first-order valence-electron chi connectivity index (χ1n) is 3.80. The Morgan fingerprint density at radius 1 is 1.17 bits per heavy atom. The van der Waals surface area contributed by atoms with Gasteiger partial charge in [-0.15, -0.1) is 0 Å². The summed E-state index contributed by atoms with van der Waals surface area (Å²) in [6, 6.07) is 7.52. The van der Waals surface area contributed by atoms with Crippen molar-refractivity contribution in [2.24, 2.45) is 0 Å². The lowest BCUT2D eigenvalue weighted by Crippen LogP contribution is -1.81. The van der Waals surface area contributed by atoms with Crippen LogP contribution in [0.1, 0.15) is 5.56 Å². The largest absolute Gasteiger partial charge is 0.277 e. The molecule has 0 saturated heterocycles. The van der Waals surface area contributed by atoms with E-state index in [2.05, 4.69) is 4.98 Å². The summed E-state index contributed by atoms with van der Waals surface area (Å²) >= 11 is 0. The van der Waals surface area contributed by atoms with E-state index in [1.54, 1.807) is 12.3 Å². The maximum atomic E-state index is 11.2. The number of rotatable bonds is 0. The number of hydrogen-bond donors (Lipinski definition) is 0. The lowest BCUT2D eigenvalue weighted by molar-refractivity contribution is 0.343. The van der Waals surface area contributed by atoms with Crippen LogP contribution in [0.3, 0.4) is 0 Å². The molecule has 12 heavy (non-hydrogen) atoms. The molecule has 2 rings (SSSR count). The Morgan fingerprint density at radius 3 is 2.50 bits per heavy atom. The van der Waals surface area contributed by atoms with Gasteiger partial charge in [-0.1, -0.05) is 18.2 Å². The Labute approximate surface area is 70.5 Å². The van der Waals surface area contributed by atoms with E-state index in [9.17, 15) is 5.11 Å². The number of nitrogens with zero attached hydrogens (tertiary/aromatic N) is 1. The normalized spacial score (nSPS) is 10.4. The zero-order valence-corrected chi connectivity index (χ0v) is 6.74. The first-order chi connectivity index (χ1) is 5.79. The fourth-order valence-electron chi connectivity index (χ4n) is 1.31. The molecule has 0 saturated carbocycles. The number of aryl methyl sites for hydroxylation is 1. The Morgan fingerprint density at radius 2 is 1.83 bits per heavy atom. The van der Waals surface area contributed by atoms with Gasteiger partial charge in [0.1, 0.15) is 0 Å². The summed E-state index contributed by atoms with van der Waals surface area (Å²) < 4.78 is 0. The molecule has 0 unspecified atom stereocenters. The summed E-state index contributed by atoms with van der Waals surface area (Å²) in [5, 5.41) is 12.9. The molecule has 1 aromatic heterocycles. The summed E-state index contributed by atoms with van der Waals surface area (Å²) in [5.74, 6) is -0.142. The number of pyridine rings is 1. The zero-order chi connectivity index (χ0) is 8.55. The van der Waals surface area contributed by atoms with Crippen molar-refractivity contribution in [3.05, 3.63) is 36.0 Å². The second-order valence-electron chi connectivity index (χ2n) is 2.79. The van der Waals surface area contributed by atoms with Gasteiger partial charge in [0.2, 0.25) is 0 Å². The van der Waals surface area contributed by atoms with Gasteiger partial charge in [-0.25, -0.2) is 4.98 Å².